The molecule has 1 heterocycles. The number of methoxy groups -OCH3 is 3. The SMILES string of the molecule is COc1ccc(C(=O)Nc2c(C(=O)Nc3cc(OC)ccc3OC)oc3ccccc23)cc1. The Morgan fingerprint density at radius 1 is 0.758 bits per heavy atom. The van der Waals surface area contributed by atoms with Gasteiger partial charge in [0.2, 0.25) is 5.76 Å². The van der Waals surface area contributed by atoms with E-state index in [0.29, 0.717) is 39.5 Å². The van der Waals surface area contributed by atoms with Crippen LogP contribution in [0.15, 0.2) is 71.1 Å². The van der Waals surface area contributed by atoms with Crippen LogP contribution >= 0.6 is 0 Å². The summed E-state index contributed by atoms with van der Waals surface area (Å²) >= 11 is 0. The second-order valence-corrected chi connectivity index (χ2v) is 7.01. The van der Waals surface area contributed by atoms with Gasteiger partial charge in [-0.05, 0) is 48.5 Å². The lowest BCUT2D eigenvalue weighted by Gasteiger charge is -2.12. The number of benzene rings is 3. The fraction of sp³-hybridized carbons (Fsp3) is 0.120. The molecule has 8 heteroatoms. The van der Waals surface area contributed by atoms with Gasteiger partial charge in [0.1, 0.15) is 28.5 Å². The Bertz CT molecular complexity index is 1310. The first kappa shape index (κ1) is 21.8. The molecule has 3 aromatic carbocycles. The van der Waals surface area contributed by atoms with E-state index < -0.39 is 11.8 Å². The van der Waals surface area contributed by atoms with E-state index in [9.17, 15) is 9.59 Å². The van der Waals surface area contributed by atoms with Crippen LogP contribution in [0.5, 0.6) is 17.2 Å². The van der Waals surface area contributed by atoms with E-state index in [1.807, 2.05) is 0 Å². The van der Waals surface area contributed by atoms with Crippen LogP contribution in [-0.2, 0) is 0 Å². The first-order valence-electron chi connectivity index (χ1n) is 10.0. The number of para-hydroxylation sites is 1. The highest BCUT2D eigenvalue weighted by molar-refractivity contribution is 6.17. The molecule has 0 spiro atoms. The summed E-state index contributed by atoms with van der Waals surface area (Å²) in [5.41, 5.74) is 1.53. The van der Waals surface area contributed by atoms with Gasteiger partial charge in [0, 0.05) is 17.0 Å². The molecule has 0 radical (unpaired) electrons. The molecule has 0 aliphatic carbocycles. The van der Waals surface area contributed by atoms with Crippen molar-refractivity contribution in [3.8, 4) is 17.2 Å². The third kappa shape index (κ3) is 4.45. The molecule has 0 unspecified atom stereocenters. The zero-order chi connectivity index (χ0) is 23.4. The van der Waals surface area contributed by atoms with Crippen LogP contribution in [0, 0.1) is 0 Å². The average Bonchev–Trinajstić information content (AvgIpc) is 3.22. The molecule has 1 aromatic heterocycles. The second-order valence-electron chi connectivity index (χ2n) is 7.01. The van der Waals surface area contributed by atoms with Crippen LogP contribution in [0.1, 0.15) is 20.9 Å². The Morgan fingerprint density at radius 2 is 1.45 bits per heavy atom. The third-order valence-electron chi connectivity index (χ3n) is 5.05. The number of carbonyl (C=O) groups excluding carboxylic acids is 2. The molecule has 4 aromatic rings. The highest BCUT2D eigenvalue weighted by Gasteiger charge is 2.24. The maximum atomic E-state index is 13.2. The first-order chi connectivity index (χ1) is 16.0. The van der Waals surface area contributed by atoms with E-state index in [2.05, 4.69) is 10.6 Å². The Balaban J connectivity index is 1.69. The lowest BCUT2D eigenvalue weighted by molar-refractivity contribution is 0.0999. The van der Waals surface area contributed by atoms with Crippen LogP contribution in [0.4, 0.5) is 11.4 Å². The predicted octanol–water partition coefficient (Wildman–Crippen LogP) is 4.96. The van der Waals surface area contributed by atoms with Crippen LogP contribution in [0.25, 0.3) is 11.0 Å². The molecule has 168 valence electrons. The quantitative estimate of drug-likeness (QED) is 0.416. The molecular formula is C25H22N2O6. The molecule has 4 rings (SSSR count). The minimum Gasteiger partial charge on any atom is -0.497 e. The van der Waals surface area contributed by atoms with Gasteiger partial charge in [0.25, 0.3) is 11.8 Å². The van der Waals surface area contributed by atoms with E-state index in [0.717, 1.165) is 0 Å². The van der Waals surface area contributed by atoms with Crippen LogP contribution in [0.3, 0.4) is 0 Å². The molecule has 0 bridgehead atoms. The fourth-order valence-electron chi connectivity index (χ4n) is 3.35. The Morgan fingerprint density at radius 3 is 2.15 bits per heavy atom. The van der Waals surface area contributed by atoms with Gasteiger partial charge < -0.3 is 29.3 Å². The van der Waals surface area contributed by atoms with Gasteiger partial charge >= 0.3 is 0 Å². The van der Waals surface area contributed by atoms with E-state index in [4.69, 9.17) is 18.6 Å². The standard InChI is InChI=1S/C25H22N2O6/c1-30-16-10-8-15(9-11-16)24(28)27-22-18-6-4-5-7-20(18)33-23(22)25(29)26-19-14-17(31-2)12-13-21(19)32-3/h4-14H,1-3H3,(H,26,29)(H,27,28). The molecule has 33 heavy (non-hydrogen) atoms. The fourth-order valence-corrected chi connectivity index (χ4v) is 3.35. The van der Waals surface area contributed by atoms with E-state index in [-0.39, 0.29) is 11.4 Å². The Hall–Kier alpha value is -4.46. The monoisotopic (exact) mass is 446 g/mol. The molecule has 2 N–H and O–H groups in total. The molecule has 2 amide bonds. The van der Waals surface area contributed by atoms with Gasteiger partial charge in [0.15, 0.2) is 0 Å². The minimum absolute atomic E-state index is 0.0389. The summed E-state index contributed by atoms with van der Waals surface area (Å²) in [5.74, 6) is 0.642. The normalized spacial score (nSPS) is 10.5. The first-order valence-corrected chi connectivity index (χ1v) is 10.0. The largest absolute Gasteiger partial charge is 0.497 e. The van der Waals surface area contributed by atoms with Gasteiger partial charge in [0.05, 0.1) is 27.0 Å². The highest BCUT2D eigenvalue weighted by Crippen LogP contribution is 2.34. The highest BCUT2D eigenvalue weighted by atomic mass is 16.5. The Kier molecular flexibility index (Phi) is 6.17. The number of carbonyl (C=O) groups is 2. The maximum Gasteiger partial charge on any atom is 0.293 e. The van der Waals surface area contributed by atoms with Crippen molar-refractivity contribution in [3.05, 3.63) is 78.1 Å². The van der Waals surface area contributed by atoms with Gasteiger partial charge in [-0.25, -0.2) is 0 Å². The van der Waals surface area contributed by atoms with Crippen LogP contribution < -0.4 is 24.8 Å². The van der Waals surface area contributed by atoms with Gasteiger partial charge in [-0.2, -0.15) is 0 Å². The average molecular weight is 446 g/mol. The molecule has 0 aliphatic heterocycles. The van der Waals surface area contributed by atoms with Crippen molar-refractivity contribution in [2.24, 2.45) is 0 Å². The van der Waals surface area contributed by atoms with Gasteiger partial charge in [-0.15, -0.1) is 0 Å². The number of rotatable bonds is 7. The number of hydrogen-bond donors (Lipinski definition) is 2. The van der Waals surface area contributed by atoms with Crippen molar-refractivity contribution in [2.45, 2.75) is 0 Å². The van der Waals surface area contributed by atoms with Crippen LogP contribution in [-0.4, -0.2) is 33.1 Å². The lowest BCUT2D eigenvalue weighted by Crippen LogP contribution is -2.17. The number of amides is 2. The summed E-state index contributed by atoms with van der Waals surface area (Å²) in [5, 5.41) is 6.19. The lowest BCUT2D eigenvalue weighted by atomic mass is 10.1. The topological polar surface area (TPSA) is 99.0 Å². The summed E-state index contributed by atoms with van der Waals surface area (Å²) < 4.78 is 21.5. The number of furan rings is 1. The number of nitrogens with one attached hydrogen (secondary N) is 2. The van der Waals surface area contributed by atoms with Crippen LogP contribution in [0.2, 0.25) is 0 Å². The molecule has 0 aliphatic rings. The zero-order valence-electron chi connectivity index (χ0n) is 18.3. The van der Waals surface area contributed by atoms with Gasteiger partial charge in [-0.3, -0.25) is 9.59 Å². The molecule has 0 saturated heterocycles. The third-order valence-corrected chi connectivity index (χ3v) is 5.05. The summed E-state index contributed by atoms with van der Waals surface area (Å²) in [6.45, 7) is 0. The molecule has 0 atom stereocenters. The van der Waals surface area contributed by atoms with Crippen molar-refractivity contribution >= 4 is 34.2 Å². The summed E-state index contributed by atoms with van der Waals surface area (Å²) in [7, 11) is 4.58. The van der Waals surface area contributed by atoms with E-state index >= 15 is 0 Å². The molecule has 0 fully saturated rings. The number of fused-ring (bicyclic) bond motifs is 1. The molecule has 0 saturated carbocycles. The predicted molar refractivity (Wildman–Crippen MR) is 125 cm³/mol. The van der Waals surface area contributed by atoms with Crippen molar-refractivity contribution < 1.29 is 28.2 Å². The number of ether oxygens (including phenoxy) is 3. The van der Waals surface area contributed by atoms with Crippen molar-refractivity contribution in [1.82, 2.24) is 0 Å². The Labute approximate surface area is 190 Å². The maximum absolute atomic E-state index is 13.2. The summed E-state index contributed by atoms with van der Waals surface area (Å²) in [4.78, 5) is 26.1. The van der Waals surface area contributed by atoms with E-state index in [1.165, 1.54) is 14.2 Å². The zero-order valence-corrected chi connectivity index (χ0v) is 18.3. The minimum atomic E-state index is -0.553. The molecule has 8 nitrogen and oxygen atoms in total. The van der Waals surface area contributed by atoms with Crippen molar-refractivity contribution in [3.63, 3.8) is 0 Å². The summed E-state index contributed by atoms with van der Waals surface area (Å²) in [6.07, 6.45) is 0. The number of hydrogen-bond acceptors (Lipinski definition) is 6. The summed E-state index contributed by atoms with van der Waals surface area (Å²) in [6, 6.07) is 18.8. The second kappa shape index (κ2) is 9.35. The van der Waals surface area contributed by atoms with E-state index in [1.54, 1.807) is 73.8 Å². The molecular weight excluding hydrogens is 424 g/mol. The smallest absolute Gasteiger partial charge is 0.293 e. The van der Waals surface area contributed by atoms with Gasteiger partial charge in [-0.1, -0.05) is 12.1 Å². The van der Waals surface area contributed by atoms with Crippen molar-refractivity contribution in [1.29, 1.82) is 0 Å². The van der Waals surface area contributed by atoms with Crippen molar-refractivity contribution in [2.75, 3.05) is 32.0 Å². The number of anilines is 2.